The zero-order valence-electron chi connectivity index (χ0n) is 38.7. The highest BCUT2D eigenvalue weighted by molar-refractivity contribution is 7.13. The Balaban J connectivity index is 0.905. The second-order valence-corrected chi connectivity index (χ2v) is 17.9. The quantitative estimate of drug-likeness (QED) is 0.0494. The molecule has 0 unspecified atom stereocenters. The third-order valence-corrected chi connectivity index (χ3v) is 12.9. The number of aryl methyl sites for hydroxylation is 1. The molecular weight excluding hydrogens is 847 g/mol. The van der Waals surface area contributed by atoms with Crippen molar-refractivity contribution in [1.29, 1.82) is 0 Å². The van der Waals surface area contributed by atoms with Crippen molar-refractivity contribution in [3.05, 3.63) is 155 Å². The second kappa shape index (κ2) is 24.2. The van der Waals surface area contributed by atoms with Crippen molar-refractivity contribution >= 4 is 46.1 Å². The summed E-state index contributed by atoms with van der Waals surface area (Å²) in [5.74, 6) is -0.550. The number of carbonyl (C=O) groups is 4. The van der Waals surface area contributed by atoms with Gasteiger partial charge in [-0.3, -0.25) is 19.2 Å². The van der Waals surface area contributed by atoms with E-state index in [9.17, 15) is 24.3 Å². The van der Waals surface area contributed by atoms with Crippen molar-refractivity contribution in [3.63, 3.8) is 0 Å². The van der Waals surface area contributed by atoms with Gasteiger partial charge < -0.3 is 30.3 Å². The third kappa shape index (κ3) is 13.4. The average Bonchev–Trinajstić information content (AvgIpc) is 3.95. The molecule has 0 spiro atoms. The van der Waals surface area contributed by atoms with Gasteiger partial charge in [0, 0.05) is 39.4 Å². The molecule has 0 radical (unpaired) electrons. The van der Waals surface area contributed by atoms with E-state index in [1.54, 1.807) is 23.3 Å². The van der Waals surface area contributed by atoms with Gasteiger partial charge in [0.1, 0.15) is 24.4 Å². The molecule has 1 aromatic heterocycles. The zero-order valence-corrected chi connectivity index (χ0v) is 39.6. The van der Waals surface area contributed by atoms with Crippen molar-refractivity contribution < 1.29 is 29.0 Å². The molecule has 5 aromatic rings. The van der Waals surface area contributed by atoms with Gasteiger partial charge in [-0.1, -0.05) is 130 Å². The minimum atomic E-state index is -0.857. The van der Waals surface area contributed by atoms with Gasteiger partial charge in [-0.15, -0.1) is 11.3 Å². The molecule has 6 rings (SSSR count). The number of carbonyl (C=O) groups excluding carboxylic acids is 4. The Morgan fingerprint density at radius 1 is 0.879 bits per heavy atom. The first kappa shape index (κ1) is 49.1. The molecule has 3 N–H and O–H groups in total. The lowest BCUT2D eigenvalue weighted by Gasteiger charge is -2.30. The van der Waals surface area contributed by atoms with Gasteiger partial charge in [-0.05, 0) is 83.2 Å². The van der Waals surface area contributed by atoms with E-state index >= 15 is 0 Å². The summed E-state index contributed by atoms with van der Waals surface area (Å²) in [6.07, 6.45) is 5.37. The molecule has 346 valence electrons. The fourth-order valence-electron chi connectivity index (χ4n) is 8.18. The Hall–Kier alpha value is -6.37. The summed E-state index contributed by atoms with van der Waals surface area (Å²) >= 11 is 1.58. The first-order valence-electron chi connectivity index (χ1n) is 22.9. The fourth-order valence-corrected chi connectivity index (χ4v) is 8.99. The number of rotatable bonds is 21. The molecule has 2 heterocycles. The van der Waals surface area contributed by atoms with Crippen molar-refractivity contribution in [2.24, 2.45) is 5.92 Å². The number of β-amino-alcohol motifs (C(OH)–C–C–N with tert-alkyl or cyclic N) is 1. The molecule has 4 aromatic carbocycles. The van der Waals surface area contributed by atoms with Gasteiger partial charge in [0.2, 0.25) is 23.6 Å². The molecule has 11 nitrogen and oxygen atoms in total. The Bertz CT molecular complexity index is 2430. The largest absolute Gasteiger partial charge is 0.492 e. The number of thiazole rings is 1. The van der Waals surface area contributed by atoms with Crippen LogP contribution in [-0.4, -0.2) is 88.5 Å². The summed E-state index contributed by atoms with van der Waals surface area (Å²) in [4.78, 5) is 61.6. The van der Waals surface area contributed by atoms with E-state index in [0.29, 0.717) is 32.4 Å². The summed E-state index contributed by atoms with van der Waals surface area (Å²) < 4.78 is 6.05. The van der Waals surface area contributed by atoms with Gasteiger partial charge in [0.25, 0.3) is 0 Å². The Labute approximate surface area is 393 Å². The number of nitrogens with one attached hydrogen (secondary N) is 2. The van der Waals surface area contributed by atoms with E-state index in [2.05, 4.69) is 83.2 Å². The first-order valence-corrected chi connectivity index (χ1v) is 23.8. The summed E-state index contributed by atoms with van der Waals surface area (Å²) in [5.41, 5.74) is 10.7. The molecular formula is C54H63N5O6S. The van der Waals surface area contributed by atoms with Gasteiger partial charge in [0.05, 0.1) is 28.7 Å². The lowest BCUT2D eigenvalue weighted by molar-refractivity contribution is -0.142. The van der Waals surface area contributed by atoms with E-state index in [-0.39, 0.29) is 49.6 Å². The topological polar surface area (TPSA) is 141 Å². The highest BCUT2D eigenvalue weighted by Gasteiger charge is 2.42. The highest BCUT2D eigenvalue weighted by atomic mass is 32.1. The number of hydrogen-bond acceptors (Lipinski definition) is 8. The highest BCUT2D eigenvalue weighted by Crippen LogP contribution is 2.35. The Morgan fingerprint density at radius 3 is 2.14 bits per heavy atom. The van der Waals surface area contributed by atoms with Crippen LogP contribution in [0.2, 0.25) is 0 Å². The molecule has 3 atom stereocenters. The molecule has 0 saturated carbocycles. The molecule has 12 heteroatoms. The monoisotopic (exact) mass is 909 g/mol. The van der Waals surface area contributed by atoms with Crippen molar-refractivity contribution in [2.45, 2.75) is 91.0 Å². The Kier molecular flexibility index (Phi) is 18.0. The summed E-state index contributed by atoms with van der Waals surface area (Å²) in [6, 6.07) is 35.3. The number of hydrogen-bond donors (Lipinski definition) is 3. The molecule has 1 saturated heterocycles. The molecule has 0 aliphatic carbocycles. The van der Waals surface area contributed by atoms with Crippen LogP contribution < -0.4 is 15.4 Å². The van der Waals surface area contributed by atoms with Gasteiger partial charge >= 0.3 is 0 Å². The molecule has 66 heavy (non-hydrogen) atoms. The first-order chi connectivity index (χ1) is 31.9. The van der Waals surface area contributed by atoms with Crippen LogP contribution in [0, 0.1) is 12.8 Å². The third-order valence-electron chi connectivity index (χ3n) is 11.9. The lowest BCUT2D eigenvalue weighted by atomic mass is 9.88. The van der Waals surface area contributed by atoms with Crippen molar-refractivity contribution in [2.75, 3.05) is 26.7 Å². The van der Waals surface area contributed by atoms with E-state index in [1.165, 1.54) is 21.6 Å². The average molecular weight is 910 g/mol. The van der Waals surface area contributed by atoms with Crippen LogP contribution >= 0.6 is 11.3 Å². The predicted molar refractivity (Wildman–Crippen MR) is 263 cm³/mol. The maximum Gasteiger partial charge on any atom is 0.246 e. The standard InChI is InChI=1S/C54H63N5O6S/c1-6-46(40-17-11-9-12-18-40)50(41-19-13-10-14-20-41)42-27-29-45(30-28-42)65-32-31-58(5)49(62)22-16-8-7-15-21-48(61)57-51(37(2)3)54(64)59-35-44(60)33-47(59)53(63)55-34-39-23-25-43(26-24-39)52-38(4)56-36-66-52/h7-14,17-20,23-30,36-37,44,47,51,60H,6,15-16,21-22,31-35H2,1-5H3,(H,55,63)(H,57,61)/b8-7+,50-46-/t44-,47+,51+/m1/s1. The van der Waals surface area contributed by atoms with Crippen molar-refractivity contribution in [3.8, 4) is 16.2 Å². The molecule has 0 bridgehead atoms. The van der Waals surface area contributed by atoms with Crippen LogP contribution in [0.15, 0.2) is 127 Å². The predicted octanol–water partition coefficient (Wildman–Crippen LogP) is 8.86. The van der Waals surface area contributed by atoms with Crippen LogP contribution in [-0.2, 0) is 25.7 Å². The normalized spacial score (nSPS) is 15.7. The van der Waals surface area contributed by atoms with Crippen molar-refractivity contribution in [1.82, 2.24) is 25.4 Å². The van der Waals surface area contributed by atoms with Crippen LogP contribution in [0.25, 0.3) is 21.6 Å². The number of likely N-dealkylation sites (N-methyl/N-ethyl adjacent to an activating group) is 1. The van der Waals surface area contributed by atoms with E-state index < -0.39 is 24.1 Å². The van der Waals surface area contributed by atoms with Gasteiger partial charge in [0.15, 0.2) is 0 Å². The van der Waals surface area contributed by atoms with Crippen LogP contribution in [0.1, 0.15) is 87.2 Å². The SMILES string of the molecule is CC/C(=C(\c1ccccc1)c1ccc(OCCN(C)C(=O)CC/C=C/CCC(=O)N[C@H](C(=O)N2C[C@H](O)C[C@H]2C(=O)NCc2ccc(-c3scnc3C)cc2)C(C)C)cc1)c1ccccc1. The van der Waals surface area contributed by atoms with Crippen LogP contribution in [0.5, 0.6) is 5.75 Å². The molecule has 1 fully saturated rings. The number of nitrogens with zero attached hydrogens (tertiary/aromatic N) is 3. The Morgan fingerprint density at radius 2 is 1.52 bits per heavy atom. The van der Waals surface area contributed by atoms with Crippen LogP contribution in [0.3, 0.4) is 0 Å². The van der Waals surface area contributed by atoms with Gasteiger partial charge in [-0.2, -0.15) is 0 Å². The minimum absolute atomic E-state index is 0.00389. The smallest absolute Gasteiger partial charge is 0.246 e. The summed E-state index contributed by atoms with van der Waals surface area (Å²) in [5, 5.41) is 16.3. The number of aliphatic hydroxyl groups is 1. The zero-order chi connectivity index (χ0) is 47.0. The number of aliphatic hydroxyl groups excluding tert-OH is 1. The lowest BCUT2D eigenvalue weighted by Crippen LogP contribution is -2.55. The second-order valence-electron chi connectivity index (χ2n) is 17.0. The number of allylic oxidation sites excluding steroid dienone is 3. The number of likely N-dealkylation sites (tertiary alicyclic amines) is 1. The van der Waals surface area contributed by atoms with E-state index in [4.69, 9.17) is 4.74 Å². The maximum absolute atomic E-state index is 13.8. The van der Waals surface area contributed by atoms with E-state index in [1.807, 2.05) is 87.0 Å². The fraction of sp³-hybridized carbons (Fsp3) is 0.352. The molecule has 1 aliphatic heterocycles. The molecule has 4 amide bonds. The number of benzene rings is 4. The number of ether oxygens (including phenoxy) is 1. The molecule has 1 aliphatic rings. The number of aromatic nitrogens is 1. The van der Waals surface area contributed by atoms with Crippen LogP contribution in [0.4, 0.5) is 0 Å². The van der Waals surface area contributed by atoms with E-state index in [0.717, 1.165) is 45.0 Å². The maximum atomic E-state index is 13.8. The summed E-state index contributed by atoms with van der Waals surface area (Å²) in [7, 11) is 1.77. The minimum Gasteiger partial charge on any atom is -0.492 e. The number of amides is 4. The van der Waals surface area contributed by atoms with Gasteiger partial charge in [-0.25, -0.2) is 4.98 Å². The summed E-state index contributed by atoms with van der Waals surface area (Å²) in [6.45, 7) is 8.92.